The zero-order valence-electron chi connectivity index (χ0n) is 21.8. The summed E-state index contributed by atoms with van der Waals surface area (Å²) in [6, 6.07) is 3.63. The van der Waals surface area contributed by atoms with Gasteiger partial charge in [-0.3, -0.25) is 19.3 Å². The summed E-state index contributed by atoms with van der Waals surface area (Å²) in [6.07, 6.45) is 5.83. The number of likely N-dealkylation sites (N-methyl/N-ethyl adjacent to an activating group) is 1. The van der Waals surface area contributed by atoms with Gasteiger partial charge in [-0.25, -0.2) is 0 Å². The maximum atomic E-state index is 13.9. The van der Waals surface area contributed by atoms with Crippen LogP contribution in [0.1, 0.15) is 53.9 Å². The van der Waals surface area contributed by atoms with Gasteiger partial charge < -0.3 is 30.9 Å². The Balaban J connectivity index is 1.66. The van der Waals surface area contributed by atoms with E-state index >= 15 is 0 Å². The Kier molecular flexibility index (Phi) is 5.71. The summed E-state index contributed by atoms with van der Waals surface area (Å²) in [5.41, 5.74) is 2.15. The molecular formula is C29H32N2O8. The number of rotatable bonds is 3. The number of nitrogens with two attached hydrogens (primary N) is 1. The third-order valence-corrected chi connectivity index (χ3v) is 9.31. The molecule has 10 heteroatoms. The molecule has 1 heterocycles. The normalized spacial score (nSPS) is 34.3. The minimum absolute atomic E-state index is 0.0109. The molecule has 0 unspecified atom stereocenters. The third-order valence-electron chi connectivity index (χ3n) is 9.31. The molecule has 206 valence electrons. The Morgan fingerprint density at radius 3 is 2.44 bits per heavy atom. The number of carbonyl (C=O) groups excluding carboxylic acids is 3. The number of allylic oxidation sites excluding steroid dienone is 2. The number of nitrogens with zero attached hydrogens (tertiary/aromatic N) is 1. The fraction of sp³-hybridized carbons (Fsp3) is 0.483. The van der Waals surface area contributed by atoms with E-state index in [1.54, 1.807) is 26.2 Å². The molecule has 6 atom stereocenters. The van der Waals surface area contributed by atoms with E-state index in [2.05, 4.69) is 0 Å². The average Bonchev–Trinajstić information content (AvgIpc) is 2.89. The number of phenolic OH excluding ortho intramolecular Hbond substituents is 1. The minimum atomic E-state index is -2.78. The van der Waals surface area contributed by atoms with E-state index < -0.39 is 70.1 Å². The van der Waals surface area contributed by atoms with Gasteiger partial charge in [0.15, 0.2) is 11.4 Å². The standard InChI is InChI=1S/C29H32N2O8/c1-31(2)22-21-25-18-14(11-16(39-25)12-7-4-3-5-8-12)13-9-6-10-15(32)17(13)23(33)19(18)26(35)29(21,38)27(36)20(24(22)34)28(30)37/h6,9-12,14,18,21-22,25,32,34-35,38H,3-5,7-8H2,1-2H3,(H2,30,37)/t14-,18-,21-,22+,25+,29+/m0/s1. The van der Waals surface area contributed by atoms with E-state index in [1.807, 2.05) is 6.08 Å². The van der Waals surface area contributed by atoms with Crippen LogP contribution in [0.2, 0.25) is 0 Å². The number of aliphatic hydroxyl groups excluding tert-OH is 2. The molecule has 0 aromatic heterocycles. The quantitative estimate of drug-likeness (QED) is 0.363. The van der Waals surface area contributed by atoms with E-state index in [9.17, 15) is 34.8 Å². The van der Waals surface area contributed by atoms with Crippen LogP contribution in [0.3, 0.4) is 0 Å². The minimum Gasteiger partial charge on any atom is -0.510 e. The van der Waals surface area contributed by atoms with Crippen LogP contribution in [0.5, 0.6) is 5.75 Å². The van der Waals surface area contributed by atoms with Crippen molar-refractivity contribution >= 4 is 17.5 Å². The SMILES string of the molecule is CN(C)[C@H]1C(O)=C(C(N)=O)C(=O)[C@]2(O)C(O)=C3C(=O)c4c(O)cccc4[C@@H]4C=C(C5CCCCC5)O[C@H]([C@H]34)[C@H]12. The molecule has 6 N–H and O–H groups in total. The van der Waals surface area contributed by atoms with E-state index in [1.165, 1.54) is 11.0 Å². The second-order valence-electron chi connectivity index (χ2n) is 11.5. The molecule has 1 aromatic rings. The number of Topliss-reactive ketones (excluding diaryl/α,β-unsaturated/α-hetero) is 2. The van der Waals surface area contributed by atoms with Crippen molar-refractivity contribution in [3.8, 4) is 5.75 Å². The molecule has 0 bridgehead atoms. The fourth-order valence-electron chi connectivity index (χ4n) is 7.63. The van der Waals surface area contributed by atoms with Crippen molar-refractivity contribution in [1.29, 1.82) is 0 Å². The number of phenols is 1. The molecule has 1 fully saturated rings. The number of aromatic hydroxyl groups is 1. The maximum Gasteiger partial charge on any atom is 0.255 e. The van der Waals surface area contributed by atoms with Crippen molar-refractivity contribution in [1.82, 2.24) is 4.90 Å². The van der Waals surface area contributed by atoms with Gasteiger partial charge in [-0.05, 0) is 44.6 Å². The number of fused-ring (bicyclic) bond motifs is 4. The monoisotopic (exact) mass is 536 g/mol. The van der Waals surface area contributed by atoms with Gasteiger partial charge in [0.2, 0.25) is 5.78 Å². The highest BCUT2D eigenvalue weighted by Crippen LogP contribution is 2.59. The second kappa shape index (κ2) is 8.69. The number of aliphatic hydroxyl groups is 3. The molecule has 1 saturated carbocycles. The van der Waals surface area contributed by atoms with Gasteiger partial charge in [0, 0.05) is 23.3 Å². The van der Waals surface area contributed by atoms with Crippen molar-refractivity contribution in [2.24, 2.45) is 23.5 Å². The Morgan fingerprint density at radius 2 is 1.79 bits per heavy atom. The Morgan fingerprint density at radius 1 is 1.10 bits per heavy atom. The smallest absolute Gasteiger partial charge is 0.255 e. The van der Waals surface area contributed by atoms with E-state index in [-0.39, 0.29) is 22.8 Å². The van der Waals surface area contributed by atoms with Gasteiger partial charge in [0.25, 0.3) is 5.91 Å². The number of ether oxygens (including phenoxy) is 1. The lowest BCUT2D eigenvalue weighted by Crippen LogP contribution is -2.69. The lowest BCUT2D eigenvalue weighted by Gasteiger charge is -2.56. The zero-order chi connectivity index (χ0) is 28.0. The first-order valence-electron chi connectivity index (χ1n) is 13.3. The summed E-state index contributed by atoms with van der Waals surface area (Å²) in [4.78, 5) is 41.5. The molecule has 10 nitrogen and oxygen atoms in total. The van der Waals surface area contributed by atoms with Gasteiger partial charge in [0.05, 0.1) is 23.3 Å². The van der Waals surface area contributed by atoms with Gasteiger partial charge in [-0.1, -0.05) is 31.4 Å². The van der Waals surface area contributed by atoms with Crippen LogP contribution in [0, 0.1) is 17.8 Å². The van der Waals surface area contributed by atoms with E-state index in [0.29, 0.717) is 11.3 Å². The van der Waals surface area contributed by atoms with E-state index in [0.717, 1.165) is 32.1 Å². The van der Waals surface area contributed by atoms with Crippen LogP contribution >= 0.6 is 0 Å². The van der Waals surface area contributed by atoms with Crippen LogP contribution in [-0.2, 0) is 14.3 Å². The van der Waals surface area contributed by atoms with Crippen molar-refractivity contribution in [2.45, 2.75) is 55.8 Å². The molecule has 1 amide bonds. The van der Waals surface area contributed by atoms with Crippen LogP contribution in [-0.4, -0.2) is 74.6 Å². The number of hydrogen-bond acceptors (Lipinski definition) is 9. The maximum absolute atomic E-state index is 13.9. The van der Waals surface area contributed by atoms with Gasteiger partial charge in [-0.15, -0.1) is 0 Å². The fourth-order valence-corrected chi connectivity index (χ4v) is 7.63. The molecular weight excluding hydrogens is 504 g/mol. The molecule has 0 spiro atoms. The Bertz CT molecular complexity index is 1400. The first-order chi connectivity index (χ1) is 18.5. The molecule has 0 saturated heterocycles. The van der Waals surface area contributed by atoms with Crippen LogP contribution in [0.4, 0.5) is 0 Å². The van der Waals surface area contributed by atoms with Crippen LogP contribution < -0.4 is 5.73 Å². The van der Waals surface area contributed by atoms with Gasteiger partial charge in [-0.2, -0.15) is 0 Å². The lowest BCUT2D eigenvalue weighted by molar-refractivity contribution is -0.167. The number of ketones is 2. The topological polar surface area (TPSA) is 171 Å². The zero-order valence-corrected chi connectivity index (χ0v) is 21.8. The lowest BCUT2D eigenvalue weighted by atomic mass is 9.54. The van der Waals surface area contributed by atoms with Gasteiger partial charge in [0.1, 0.15) is 28.9 Å². The van der Waals surface area contributed by atoms with Crippen LogP contribution in [0.15, 0.2) is 52.7 Å². The third kappa shape index (κ3) is 3.31. The predicted molar refractivity (Wildman–Crippen MR) is 138 cm³/mol. The number of hydrogen-bond donors (Lipinski definition) is 5. The summed E-state index contributed by atoms with van der Waals surface area (Å²) in [5.74, 6) is -6.94. The first kappa shape index (κ1) is 25.6. The van der Waals surface area contributed by atoms with Gasteiger partial charge >= 0.3 is 0 Å². The van der Waals surface area contributed by atoms with Crippen molar-refractivity contribution < 1.29 is 39.5 Å². The van der Waals surface area contributed by atoms with E-state index in [4.69, 9.17) is 10.5 Å². The van der Waals surface area contributed by atoms with Crippen molar-refractivity contribution in [3.05, 3.63) is 63.8 Å². The summed E-state index contributed by atoms with van der Waals surface area (Å²) in [7, 11) is 3.20. The summed E-state index contributed by atoms with van der Waals surface area (Å²) in [6.45, 7) is 0. The molecule has 1 aromatic carbocycles. The number of benzene rings is 1. The Labute approximate surface area is 225 Å². The summed E-state index contributed by atoms with van der Waals surface area (Å²) >= 11 is 0. The van der Waals surface area contributed by atoms with Crippen molar-refractivity contribution in [3.63, 3.8) is 0 Å². The molecule has 5 aliphatic rings. The molecule has 0 radical (unpaired) electrons. The van der Waals surface area contributed by atoms with Crippen molar-refractivity contribution in [2.75, 3.05) is 14.1 Å². The summed E-state index contributed by atoms with van der Waals surface area (Å²) in [5, 5.41) is 45.6. The molecule has 6 rings (SSSR count). The predicted octanol–water partition coefficient (Wildman–Crippen LogP) is 2.13. The number of primary amides is 1. The second-order valence-corrected chi connectivity index (χ2v) is 11.5. The first-order valence-corrected chi connectivity index (χ1v) is 13.3. The summed E-state index contributed by atoms with van der Waals surface area (Å²) < 4.78 is 6.63. The number of amides is 1. The molecule has 1 aliphatic heterocycles. The molecule has 4 aliphatic carbocycles. The highest BCUT2D eigenvalue weighted by atomic mass is 16.5. The van der Waals surface area contributed by atoms with Crippen LogP contribution in [0.25, 0.3) is 0 Å². The largest absolute Gasteiger partial charge is 0.510 e. The highest BCUT2D eigenvalue weighted by Gasteiger charge is 2.69. The number of carbonyl (C=O) groups is 3. The Hall–Kier alpha value is -3.63. The molecule has 39 heavy (non-hydrogen) atoms. The average molecular weight is 537 g/mol. The highest BCUT2D eigenvalue weighted by molar-refractivity contribution is 6.25.